The molecule has 1 amide bonds. The van der Waals surface area contributed by atoms with Crippen LogP contribution in [0.4, 0.5) is 5.69 Å². The van der Waals surface area contributed by atoms with Crippen LogP contribution in [-0.4, -0.2) is 19.5 Å². The highest BCUT2D eigenvalue weighted by atomic mass is 16.2. The molecule has 1 fully saturated rings. The molecule has 0 aromatic heterocycles. The molecule has 1 aliphatic carbocycles. The van der Waals surface area contributed by atoms with Gasteiger partial charge in [-0.2, -0.15) is 0 Å². The highest BCUT2D eigenvalue weighted by Crippen LogP contribution is 2.43. The summed E-state index contributed by atoms with van der Waals surface area (Å²) in [6, 6.07) is 6.52. The van der Waals surface area contributed by atoms with E-state index in [1.165, 1.54) is 24.0 Å². The highest BCUT2D eigenvalue weighted by Gasteiger charge is 2.32. The summed E-state index contributed by atoms with van der Waals surface area (Å²) in [6.45, 7) is 0.734. The summed E-state index contributed by atoms with van der Waals surface area (Å²) in [5.41, 5.74) is 9.64. The number of hydrogen-bond acceptors (Lipinski definition) is 2. The molecule has 0 bridgehead atoms. The van der Waals surface area contributed by atoms with Crippen molar-refractivity contribution in [1.29, 1.82) is 0 Å². The van der Waals surface area contributed by atoms with Gasteiger partial charge in [-0.05, 0) is 54.8 Å². The lowest BCUT2D eigenvalue weighted by molar-refractivity contribution is -0.118. The maximum absolute atomic E-state index is 11.7. The number of carbonyl (C=O) groups excluding carboxylic acids is 1. The van der Waals surface area contributed by atoms with Crippen molar-refractivity contribution >= 4 is 11.6 Å². The van der Waals surface area contributed by atoms with E-state index in [0.717, 1.165) is 24.6 Å². The van der Waals surface area contributed by atoms with Crippen molar-refractivity contribution in [1.82, 2.24) is 0 Å². The smallest absolute Gasteiger partial charge is 0.227 e. The predicted octanol–water partition coefficient (Wildman–Crippen LogP) is 2.05. The first-order valence-corrected chi connectivity index (χ1v) is 6.80. The molecule has 0 radical (unpaired) electrons. The van der Waals surface area contributed by atoms with Gasteiger partial charge in [0.1, 0.15) is 0 Å². The number of amides is 1. The lowest BCUT2D eigenvalue weighted by atomic mass is 9.90. The predicted molar refractivity (Wildman–Crippen MR) is 72.7 cm³/mol. The van der Waals surface area contributed by atoms with Crippen molar-refractivity contribution in [3.8, 4) is 0 Å². The molecule has 1 saturated carbocycles. The van der Waals surface area contributed by atoms with Gasteiger partial charge in [-0.15, -0.1) is 0 Å². The molecule has 1 aliphatic heterocycles. The summed E-state index contributed by atoms with van der Waals surface area (Å²) in [7, 11) is 1.86. The number of nitrogens with two attached hydrogens (primary N) is 1. The lowest BCUT2D eigenvalue weighted by Gasteiger charge is -2.27. The Hall–Kier alpha value is -1.35. The first kappa shape index (κ1) is 11.7. The minimum Gasteiger partial charge on any atom is -0.330 e. The number of hydrogen-bond donors (Lipinski definition) is 1. The fraction of sp³-hybridized carbons (Fsp3) is 0.533. The van der Waals surface area contributed by atoms with E-state index in [9.17, 15) is 4.79 Å². The Kier molecular flexibility index (Phi) is 2.86. The van der Waals surface area contributed by atoms with Crippen LogP contribution in [0.25, 0.3) is 0 Å². The van der Waals surface area contributed by atoms with Crippen LogP contribution in [0.1, 0.15) is 36.3 Å². The SMILES string of the molecule is CN1C(=O)CCc2cc(C(CN)C3CC3)ccc21. The van der Waals surface area contributed by atoms with Crippen LogP contribution in [0, 0.1) is 5.92 Å². The Morgan fingerprint density at radius 2 is 2.17 bits per heavy atom. The third-order valence-electron chi connectivity index (χ3n) is 4.32. The van der Waals surface area contributed by atoms with E-state index < -0.39 is 0 Å². The second-order valence-electron chi connectivity index (χ2n) is 5.52. The number of carbonyl (C=O) groups is 1. The molecule has 1 atom stereocenters. The molecule has 3 heteroatoms. The quantitative estimate of drug-likeness (QED) is 0.884. The van der Waals surface area contributed by atoms with E-state index in [0.29, 0.717) is 12.3 Å². The third kappa shape index (κ3) is 1.93. The minimum absolute atomic E-state index is 0.216. The first-order valence-electron chi connectivity index (χ1n) is 6.80. The Labute approximate surface area is 108 Å². The van der Waals surface area contributed by atoms with Crippen LogP contribution in [0.5, 0.6) is 0 Å². The van der Waals surface area contributed by atoms with E-state index >= 15 is 0 Å². The Bertz CT molecular complexity index is 479. The molecule has 1 aromatic carbocycles. The van der Waals surface area contributed by atoms with Gasteiger partial charge < -0.3 is 10.6 Å². The number of aryl methyl sites for hydroxylation is 1. The Morgan fingerprint density at radius 1 is 1.39 bits per heavy atom. The van der Waals surface area contributed by atoms with Gasteiger partial charge in [0.15, 0.2) is 0 Å². The highest BCUT2D eigenvalue weighted by molar-refractivity contribution is 5.95. The molecule has 0 spiro atoms. The van der Waals surface area contributed by atoms with E-state index in [4.69, 9.17) is 5.73 Å². The van der Waals surface area contributed by atoms with Crippen molar-refractivity contribution in [2.24, 2.45) is 11.7 Å². The fourth-order valence-corrected chi connectivity index (χ4v) is 3.01. The monoisotopic (exact) mass is 244 g/mol. The molecule has 0 saturated heterocycles. The van der Waals surface area contributed by atoms with E-state index in [1.807, 2.05) is 7.05 Å². The van der Waals surface area contributed by atoms with Gasteiger partial charge in [-0.1, -0.05) is 12.1 Å². The molecule has 3 nitrogen and oxygen atoms in total. The average molecular weight is 244 g/mol. The topological polar surface area (TPSA) is 46.3 Å². The minimum atomic E-state index is 0.216. The number of anilines is 1. The summed E-state index contributed by atoms with van der Waals surface area (Å²) < 4.78 is 0. The van der Waals surface area contributed by atoms with Crippen molar-refractivity contribution in [2.75, 3.05) is 18.5 Å². The van der Waals surface area contributed by atoms with Gasteiger partial charge >= 0.3 is 0 Å². The molecule has 1 unspecified atom stereocenters. The van der Waals surface area contributed by atoms with Crippen LogP contribution in [0.2, 0.25) is 0 Å². The van der Waals surface area contributed by atoms with Gasteiger partial charge in [0.05, 0.1) is 0 Å². The standard InChI is InChI=1S/C15H20N2O/c1-17-14-6-4-11(13(9-16)10-2-3-10)8-12(14)5-7-15(17)18/h4,6,8,10,13H,2-3,5,7,9,16H2,1H3. The van der Waals surface area contributed by atoms with E-state index in [-0.39, 0.29) is 5.91 Å². The average Bonchev–Trinajstić information content (AvgIpc) is 3.20. The Morgan fingerprint density at radius 3 is 2.83 bits per heavy atom. The number of nitrogens with zero attached hydrogens (tertiary/aromatic N) is 1. The van der Waals surface area contributed by atoms with Crippen molar-refractivity contribution in [2.45, 2.75) is 31.6 Å². The molecular weight excluding hydrogens is 224 g/mol. The van der Waals surface area contributed by atoms with Gasteiger partial charge in [0, 0.05) is 19.2 Å². The van der Waals surface area contributed by atoms with Crippen molar-refractivity contribution in [3.63, 3.8) is 0 Å². The lowest BCUT2D eigenvalue weighted by Crippen LogP contribution is -2.31. The maximum Gasteiger partial charge on any atom is 0.227 e. The van der Waals surface area contributed by atoms with Gasteiger partial charge in [0.2, 0.25) is 5.91 Å². The summed E-state index contributed by atoms with van der Waals surface area (Å²) in [6.07, 6.45) is 4.13. The maximum atomic E-state index is 11.7. The zero-order valence-corrected chi connectivity index (χ0v) is 10.9. The summed E-state index contributed by atoms with van der Waals surface area (Å²) in [5, 5.41) is 0. The van der Waals surface area contributed by atoms with Crippen LogP contribution >= 0.6 is 0 Å². The zero-order valence-electron chi connectivity index (χ0n) is 10.9. The molecular formula is C15H20N2O. The molecule has 18 heavy (non-hydrogen) atoms. The largest absolute Gasteiger partial charge is 0.330 e. The van der Waals surface area contributed by atoms with E-state index in [2.05, 4.69) is 18.2 Å². The molecule has 2 N–H and O–H groups in total. The first-order chi connectivity index (χ1) is 8.70. The fourth-order valence-electron chi connectivity index (χ4n) is 3.01. The molecule has 3 rings (SSSR count). The van der Waals surface area contributed by atoms with Crippen LogP contribution in [0.3, 0.4) is 0 Å². The van der Waals surface area contributed by atoms with Gasteiger partial charge in [0.25, 0.3) is 0 Å². The molecule has 1 heterocycles. The molecule has 96 valence electrons. The summed E-state index contributed by atoms with van der Waals surface area (Å²) >= 11 is 0. The van der Waals surface area contributed by atoms with Crippen molar-refractivity contribution < 1.29 is 4.79 Å². The summed E-state index contributed by atoms with van der Waals surface area (Å²) in [4.78, 5) is 13.4. The van der Waals surface area contributed by atoms with Crippen LogP contribution in [-0.2, 0) is 11.2 Å². The van der Waals surface area contributed by atoms with Gasteiger partial charge in [-0.25, -0.2) is 0 Å². The van der Waals surface area contributed by atoms with Crippen LogP contribution in [0.15, 0.2) is 18.2 Å². The molecule has 2 aliphatic rings. The van der Waals surface area contributed by atoms with Crippen LogP contribution < -0.4 is 10.6 Å². The number of fused-ring (bicyclic) bond motifs is 1. The van der Waals surface area contributed by atoms with E-state index in [1.54, 1.807) is 4.90 Å². The number of rotatable bonds is 3. The summed E-state index contributed by atoms with van der Waals surface area (Å²) in [5.74, 6) is 1.52. The second kappa shape index (κ2) is 4.39. The second-order valence-corrected chi connectivity index (χ2v) is 5.52. The number of benzene rings is 1. The Balaban J connectivity index is 1.93. The van der Waals surface area contributed by atoms with Gasteiger partial charge in [-0.3, -0.25) is 4.79 Å². The van der Waals surface area contributed by atoms with Crippen molar-refractivity contribution in [3.05, 3.63) is 29.3 Å². The zero-order chi connectivity index (χ0) is 12.7. The normalized spacial score (nSPS) is 20.8. The molecule has 1 aromatic rings. The third-order valence-corrected chi connectivity index (χ3v) is 4.32.